The van der Waals surface area contributed by atoms with Crippen molar-refractivity contribution < 1.29 is 18.0 Å². The summed E-state index contributed by atoms with van der Waals surface area (Å²) in [5.41, 5.74) is 2.92. The third kappa shape index (κ3) is 4.94. The number of nitrogens with one attached hydrogen (secondary N) is 2. The van der Waals surface area contributed by atoms with Crippen LogP contribution in [0.1, 0.15) is 30.4 Å². The van der Waals surface area contributed by atoms with Crippen molar-refractivity contribution in [1.29, 1.82) is 0 Å². The van der Waals surface area contributed by atoms with Crippen LogP contribution in [0.4, 0.5) is 5.69 Å². The molecule has 2 amide bonds. The number of hydrogen-bond acceptors (Lipinski definition) is 5. The van der Waals surface area contributed by atoms with E-state index in [4.69, 9.17) is 0 Å². The lowest BCUT2D eigenvalue weighted by molar-refractivity contribution is -0.128. The summed E-state index contributed by atoms with van der Waals surface area (Å²) in [6, 6.07) is 8.84. The number of benzene rings is 1. The van der Waals surface area contributed by atoms with Crippen molar-refractivity contribution >= 4 is 27.5 Å². The fraction of sp³-hybridized carbons (Fsp3) is 0.409. The molecule has 0 radical (unpaired) electrons. The Labute approximate surface area is 182 Å². The van der Waals surface area contributed by atoms with Crippen molar-refractivity contribution in [3.63, 3.8) is 0 Å². The van der Waals surface area contributed by atoms with Crippen LogP contribution in [0, 0.1) is 5.92 Å². The van der Waals surface area contributed by atoms with E-state index in [1.165, 1.54) is 16.1 Å². The van der Waals surface area contributed by atoms with E-state index in [9.17, 15) is 18.0 Å². The number of carbonyl (C=O) groups is 2. The minimum Gasteiger partial charge on any atom is -0.347 e. The zero-order chi connectivity index (χ0) is 21.8. The number of hydrogen-bond donors (Lipinski definition) is 2. The van der Waals surface area contributed by atoms with Gasteiger partial charge in [0.15, 0.2) is 0 Å². The molecular weight excluding hydrogens is 416 g/mol. The Balaban J connectivity index is 1.28. The molecule has 4 rings (SSSR count). The summed E-state index contributed by atoms with van der Waals surface area (Å²) in [5.74, 6) is -0.869. The van der Waals surface area contributed by atoms with Crippen molar-refractivity contribution in [1.82, 2.24) is 14.6 Å². The maximum atomic E-state index is 13.0. The second kappa shape index (κ2) is 9.15. The second-order valence-corrected chi connectivity index (χ2v) is 9.91. The summed E-state index contributed by atoms with van der Waals surface area (Å²) >= 11 is 0. The zero-order valence-corrected chi connectivity index (χ0v) is 18.0. The molecule has 0 unspecified atom stereocenters. The van der Waals surface area contributed by atoms with Crippen molar-refractivity contribution in [3.05, 3.63) is 53.9 Å². The molecule has 1 aliphatic carbocycles. The fourth-order valence-electron chi connectivity index (χ4n) is 4.17. The van der Waals surface area contributed by atoms with Gasteiger partial charge in [0.2, 0.25) is 21.8 Å². The van der Waals surface area contributed by atoms with Gasteiger partial charge >= 0.3 is 0 Å². The number of carbonyl (C=O) groups excluding carboxylic acids is 2. The number of nitrogens with zero attached hydrogens (tertiary/aromatic N) is 2. The van der Waals surface area contributed by atoms with E-state index in [0.29, 0.717) is 36.5 Å². The maximum absolute atomic E-state index is 13.0. The first-order valence-corrected chi connectivity index (χ1v) is 12.0. The Morgan fingerprint density at radius 2 is 1.87 bits per heavy atom. The van der Waals surface area contributed by atoms with Crippen LogP contribution in [-0.4, -0.2) is 49.2 Å². The molecule has 0 atom stereocenters. The normalized spacial score (nSPS) is 17.2. The second-order valence-electron chi connectivity index (χ2n) is 7.97. The first kappa shape index (κ1) is 21.5. The van der Waals surface area contributed by atoms with Crippen molar-refractivity contribution in [2.75, 3.05) is 25.0 Å². The highest BCUT2D eigenvalue weighted by molar-refractivity contribution is 7.89. The van der Waals surface area contributed by atoms with Gasteiger partial charge in [-0.2, -0.15) is 4.31 Å². The Morgan fingerprint density at radius 1 is 1.10 bits per heavy atom. The molecule has 1 aromatic heterocycles. The van der Waals surface area contributed by atoms with Crippen molar-refractivity contribution in [2.45, 2.75) is 37.0 Å². The maximum Gasteiger partial charge on any atom is 0.243 e. The van der Waals surface area contributed by atoms with Crippen LogP contribution >= 0.6 is 0 Å². The third-order valence-corrected chi connectivity index (χ3v) is 7.80. The number of aryl methyl sites for hydroxylation is 2. The summed E-state index contributed by atoms with van der Waals surface area (Å²) < 4.78 is 27.5. The Morgan fingerprint density at radius 3 is 2.61 bits per heavy atom. The first-order valence-electron chi connectivity index (χ1n) is 10.5. The van der Waals surface area contributed by atoms with Gasteiger partial charge in [-0.1, -0.05) is 6.07 Å². The molecule has 8 nitrogen and oxygen atoms in total. The smallest absolute Gasteiger partial charge is 0.243 e. The van der Waals surface area contributed by atoms with Gasteiger partial charge < -0.3 is 10.6 Å². The molecule has 0 bridgehead atoms. The number of piperidine rings is 1. The topological polar surface area (TPSA) is 108 Å². The van der Waals surface area contributed by atoms with Crippen LogP contribution < -0.4 is 10.6 Å². The van der Waals surface area contributed by atoms with E-state index in [0.717, 1.165) is 24.8 Å². The molecule has 1 saturated heterocycles. The predicted octanol–water partition coefficient (Wildman–Crippen LogP) is 1.73. The summed E-state index contributed by atoms with van der Waals surface area (Å²) in [6.07, 6.45) is 7.00. The van der Waals surface area contributed by atoms with E-state index in [2.05, 4.69) is 15.6 Å². The van der Waals surface area contributed by atoms with Gasteiger partial charge in [-0.15, -0.1) is 0 Å². The minimum atomic E-state index is -3.56. The zero-order valence-electron chi connectivity index (χ0n) is 17.2. The summed E-state index contributed by atoms with van der Waals surface area (Å²) in [6.45, 7) is 0.445. The largest absolute Gasteiger partial charge is 0.347 e. The molecule has 1 aliphatic heterocycles. The SMILES string of the molecule is O=C(CNC(=O)C1CCN(S(=O)(=O)c2ccc3c(c2)CCC3)CC1)Nc1cccnc1. The van der Waals surface area contributed by atoms with E-state index in [-0.39, 0.29) is 24.3 Å². The van der Waals surface area contributed by atoms with Crippen molar-refractivity contribution in [2.24, 2.45) is 5.92 Å². The summed E-state index contributed by atoms with van der Waals surface area (Å²) in [7, 11) is -3.56. The predicted molar refractivity (Wildman–Crippen MR) is 116 cm³/mol. The van der Waals surface area contributed by atoms with Crippen LogP contribution in [0.3, 0.4) is 0 Å². The summed E-state index contributed by atoms with van der Waals surface area (Å²) in [5, 5.41) is 5.31. The number of rotatable bonds is 6. The van der Waals surface area contributed by atoms with E-state index in [1.807, 2.05) is 6.07 Å². The molecule has 31 heavy (non-hydrogen) atoms. The Kier molecular flexibility index (Phi) is 6.33. The minimum absolute atomic E-state index is 0.138. The van der Waals surface area contributed by atoms with Crippen LogP contribution in [0.5, 0.6) is 0 Å². The van der Waals surface area contributed by atoms with Crippen LogP contribution in [-0.2, 0) is 32.5 Å². The summed E-state index contributed by atoms with van der Waals surface area (Å²) in [4.78, 5) is 28.7. The highest BCUT2D eigenvalue weighted by Crippen LogP contribution is 2.28. The standard InChI is InChI=1S/C22H26N4O4S/c27-21(25-19-5-2-10-23-14-19)15-24-22(28)17-8-11-26(12-9-17)31(29,30)20-7-6-16-3-1-4-18(16)13-20/h2,5-7,10,13-14,17H,1,3-4,8-9,11-12,15H2,(H,24,28)(H,25,27). The van der Waals surface area contributed by atoms with Gasteiger partial charge in [0.1, 0.15) is 0 Å². The highest BCUT2D eigenvalue weighted by Gasteiger charge is 2.32. The molecule has 164 valence electrons. The Bertz CT molecular complexity index is 1060. The fourth-order valence-corrected chi connectivity index (χ4v) is 5.69. The van der Waals surface area contributed by atoms with Crippen LogP contribution in [0.15, 0.2) is 47.6 Å². The molecule has 2 N–H and O–H groups in total. The average Bonchev–Trinajstić information content (AvgIpc) is 3.26. The van der Waals surface area contributed by atoms with Gasteiger partial charge in [0, 0.05) is 25.2 Å². The van der Waals surface area contributed by atoms with Gasteiger partial charge in [-0.05, 0) is 67.5 Å². The molecule has 0 saturated carbocycles. The van der Waals surface area contributed by atoms with Crippen molar-refractivity contribution in [3.8, 4) is 0 Å². The molecule has 9 heteroatoms. The number of pyridine rings is 1. The van der Waals surface area contributed by atoms with Gasteiger partial charge in [0.05, 0.1) is 23.3 Å². The number of aromatic nitrogens is 1. The van der Waals surface area contributed by atoms with Gasteiger partial charge in [-0.3, -0.25) is 14.6 Å². The molecule has 1 aromatic carbocycles. The lowest BCUT2D eigenvalue weighted by atomic mass is 9.97. The number of anilines is 1. The van der Waals surface area contributed by atoms with Crippen LogP contribution in [0.25, 0.3) is 0 Å². The third-order valence-electron chi connectivity index (χ3n) is 5.90. The Hall–Kier alpha value is -2.78. The molecule has 1 fully saturated rings. The lowest BCUT2D eigenvalue weighted by Crippen LogP contribution is -2.44. The van der Waals surface area contributed by atoms with E-state index in [1.54, 1.807) is 30.5 Å². The monoisotopic (exact) mass is 442 g/mol. The molecule has 2 heterocycles. The quantitative estimate of drug-likeness (QED) is 0.708. The van der Waals surface area contributed by atoms with E-state index >= 15 is 0 Å². The first-order chi connectivity index (χ1) is 14.9. The number of sulfonamides is 1. The molecular formula is C22H26N4O4S. The van der Waals surface area contributed by atoms with Gasteiger partial charge in [0.25, 0.3) is 0 Å². The van der Waals surface area contributed by atoms with Crippen LogP contribution in [0.2, 0.25) is 0 Å². The highest BCUT2D eigenvalue weighted by atomic mass is 32.2. The lowest BCUT2D eigenvalue weighted by Gasteiger charge is -2.30. The molecule has 2 aromatic rings. The molecule has 2 aliphatic rings. The van der Waals surface area contributed by atoms with Gasteiger partial charge in [-0.25, -0.2) is 8.42 Å². The van der Waals surface area contributed by atoms with E-state index < -0.39 is 10.0 Å². The molecule has 0 spiro atoms. The average molecular weight is 443 g/mol. The number of fused-ring (bicyclic) bond motifs is 1. The number of amides is 2.